The first-order valence-electron chi connectivity index (χ1n) is 3.33. The van der Waals surface area contributed by atoms with Gasteiger partial charge in [-0.3, -0.25) is 0 Å². The molecule has 15 heavy (non-hydrogen) atoms. The van der Waals surface area contributed by atoms with Crippen LogP contribution in [0.25, 0.3) is 0 Å². The molecule has 0 unspecified atom stereocenters. The van der Waals surface area contributed by atoms with Crippen molar-refractivity contribution in [2.45, 2.75) is 24.4 Å². The summed E-state index contributed by atoms with van der Waals surface area (Å²) in [7, 11) is 0. The maximum Gasteiger partial charge on any atom is 1.00 e. The van der Waals surface area contributed by atoms with Crippen molar-refractivity contribution in [1.82, 2.24) is 0 Å². The van der Waals surface area contributed by atoms with Gasteiger partial charge in [0.05, 0.1) is 6.61 Å². The summed E-state index contributed by atoms with van der Waals surface area (Å²) in [4.78, 5) is 9.90. The van der Waals surface area contributed by atoms with Crippen molar-refractivity contribution in [2.24, 2.45) is 0 Å². The topological polar surface area (TPSA) is 150 Å². The summed E-state index contributed by atoms with van der Waals surface area (Å²) in [6, 6.07) is 0. The predicted molar refractivity (Wildman–Crippen MR) is 40.8 cm³/mol. The average molecular weight is 257 g/mol. The minimum Gasteiger partial charge on any atom is -1.00 e. The van der Waals surface area contributed by atoms with Gasteiger partial charge < -0.3 is 48.2 Å². The minimum absolute atomic E-state index is 0. The van der Waals surface area contributed by atoms with E-state index in [4.69, 9.17) is 25.5 Å². The zero-order valence-electron chi connectivity index (χ0n) is 8.12. The fourth-order valence-electron chi connectivity index (χ4n) is 0.618. The van der Waals surface area contributed by atoms with Gasteiger partial charge in [0.1, 0.15) is 24.4 Å². The molecule has 0 heterocycles. The molecular formula is C6H14ClNaO7. The van der Waals surface area contributed by atoms with Gasteiger partial charge >= 0.3 is 29.6 Å². The van der Waals surface area contributed by atoms with E-state index in [0.29, 0.717) is 0 Å². The van der Waals surface area contributed by atoms with Gasteiger partial charge in [-0.2, -0.15) is 0 Å². The summed E-state index contributed by atoms with van der Waals surface area (Å²) in [5.74, 6) is 0. The van der Waals surface area contributed by atoms with Crippen LogP contribution in [0.2, 0.25) is 0 Å². The second-order valence-electron chi connectivity index (χ2n) is 2.36. The van der Waals surface area contributed by atoms with Gasteiger partial charge in [-0.15, -0.1) is 0 Å². The van der Waals surface area contributed by atoms with Crippen LogP contribution in [0.15, 0.2) is 0 Å². The Morgan fingerprint density at radius 1 is 1.07 bits per heavy atom. The standard InChI is InChI=1S/C6H12O6.ClH.Na.H2O/c7-1-3(9)5(11)6(12)4(10)2-8;;;/h1,3-6,8-12H,2H2;1H;;1H2/q;;+1;/p-1/t3-,4+,5+,6+;;;/m0.../s1. The molecule has 4 atom stereocenters. The van der Waals surface area contributed by atoms with E-state index in [-0.39, 0.29) is 53.7 Å². The third kappa shape index (κ3) is 8.52. The molecule has 0 fully saturated rings. The number of aliphatic hydroxyl groups is 5. The Labute approximate surface area is 115 Å². The Balaban J connectivity index is -0.000000202. The van der Waals surface area contributed by atoms with Crippen molar-refractivity contribution in [3.05, 3.63) is 0 Å². The number of carbonyl (C=O) groups excluding carboxylic acids is 1. The third-order valence-corrected chi connectivity index (χ3v) is 1.42. The number of halogens is 1. The quantitative estimate of drug-likeness (QED) is 0.243. The first-order valence-corrected chi connectivity index (χ1v) is 3.33. The van der Waals surface area contributed by atoms with Crippen LogP contribution in [0, 0.1) is 0 Å². The molecule has 0 spiro atoms. The van der Waals surface area contributed by atoms with Gasteiger partial charge in [0.25, 0.3) is 0 Å². The van der Waals surface area contributed by atoms with Crippen molar-refractivity contribution < 1.29 is 77.8 Å². The Morgan fingerprint density at radius 2 is 1.47 bits per heavy atom. The first-order chi connectivity index (χ1) is 5.54. The molecule has 7 N–H and O–H groups in total. The fourth-order valence-corrected chi connectivity index (χ4v) is 0.618. The molecular weight excluding hydrogens is 243 g/mol. The van der Waals surface area contributed by atoms with Crippen LogP contribution in [0.3, 0.4) is 0 Å². The van der Waals surface area contributed by atoms with E-state index in [1.54, 1.807) is 0 Å². The Hall–Kier alpha value is 0.720. The maximum absolute atomic E-state index is 9.90. The van der Waals surface area contributed by atoms with Crippen LogP contribution < -0.4 is 42.0 Å². The zero-order valence-corrected chi connectivity index (χ0v) is 10.9. The molecule has 88 valence electrons. The molecule has 0 bridgehead atoms. The van der Waals surface area contributed by atoms with Gasteiger partial charge in [-0.05, 0) is 0 Å². The van der Waals surface area contributed by atoms with E-state index in [1.165, 1.54) is 0 Å². The maximum atomic E-state index is 9.90. The number of hydrogen-bond acceptors (Lipinski definition) is 6. The molecule has 0 aliphatic carbocycles. The fraction of sp³-hybridized carbons (Fsp3) is 0.833. The molecule has 0 aliphatic heterocycles. The number of rotatable bonds is 5. The summed E-state index contributed by atoms with van der Waals surface area (Å²) in [6.45, 7) is -0.760. The van der Waals surface area contributed by atoms with Crippen LogP contribution in [0.1, 0.15) is 0 Å². The predicted octanol–water partition coefficient (Wildman–Crippen LogP) is -10.2. The molecule has 9 heteroatoms. The Morgan fingerprint density at radius 3 is 1.73 bits per heavy atom. The van der Waals surface area contributed by atoms with Crippen LogP contribution in [0.4, 0.5) is 0 Å². The van der Waals surface area contributed by atoms with Crippen LogP contribution >= 0.6 is 0 Å². The van der Waals surface area contributed by atoms with Crippen LogP contribution in [0.5, 0.6) is 0 Å². The molecule has 7 nitrogen and oxygen atoms in total. The molecule has 0 amide bonds. The van der Waals surface area contributed by atoms with E-state index >= 15 is 0 Å². The summed E-state index contributed by atoms with van der Waals surface area (Å²) in [5, 5.41) is 43.5. The van der Waals surface area contributed by atoms with E-state index < -0.39 is 31.0 Å². The van der Waals surface area contributed by atoms with E-state index in [1.807, 2.05) is 0 Å². The number of hydrogen-bond donors (Lipinski definition) is 5. The van der Waals surface area contributed by atoms with Gasteiger partial charge in [0, 0.05) is 0 Å². The van der Waals surface area contributed by atoms with Crippen molar-refractivity contribution in [3.8, 4) is 0 Å². The molecule has 0 saturated carbocycles. The first kappa shape index (κ1) is 24.8. The van der Waals surface area contributed by atoms with E-state index in [0.717, 1.165) is 0 Å². The van der Waals surface area contributed by atoms with Crippen LogP contribution in [-0.2, 0) is 4.79 Å². The zero-order chi connectivity index (χ0) is 9.72. The van der Waals surface area contributed by atoms with Crippen LogP contribution in [-0.4, -0.2) is 68.3 Å². The van der Waals surface area contributed by atoms with E-state index in [2.05, 4.69) is 0 Å². The smallest absolute Gasteiger partial charge is 1.00 e. The normalized spacial score (nSPS) is 16.9. The number of aldehydes is 1. The van der Waals surface area contributed by atoms with Gasteiger partial charge in [0.2, 0.25) is 0 Å². The minimum atomic E-state index is -1.79. The Kier molecular flexibility index (Phi) is 21.1. The molecule has 0 aromatic rings. The summed E-state index contributed by atoms with van der Waals surface area (Å²) in [6.07, 6.45) is -6.84. The molecule has 0 saturated heterocycles. The van der Waals surface area contributed by atoms with Crippen molar-refractivity contribution in [3.63, 3.8) is 0 Å². The van der Waals surface area contributed by atoms with Crippen molar-refractivity contribution >= 4 is 6.29 Å². The molecule has 0 aliphatic rings. The Bertz CT molecular complexity index is 149. The summed E-state index contributed by atoms with van der Waals surface area (Å²) < 4.78 is 0. The molecule has 0 aromatic heterocycles. The monoisotopic (exact) mass is 256 g/mol. The SMILES string of the molecule is O.O=C[C@H](O)[C@@H](O)[C@H](O)[C@H](O)CO.[Cl-].[Na+]. The summed E-state index contributed by atoms with van der Waals surface area (Å²) >= 11 is 0. The second-order valence-corrected chi connectivity index (χ2v) is 2.36. The van der Waals surface area contributed by atoms with E-state index in [9.17, 15) is 4.79 Å². The average Bonchev–Trinajstić information content (AvgIpc) is 2.12. The van der Waals surface area contributed by atoms with Gasteiger partial charge in [-0.1, -0.05) is 0 Å². The second kappa shape index (κ2) is 12.8. The van der Waals surface area contributed by atoms with Gasteiger partial charge in [-0.25, -0.2) is 0 Å². The summed E-state index contributed by atoms with van der Waals surface area (Å²) in [5.41, 5.74) is 0. The van der Waals surface area contributed by atoms with Gasteiger partial charge in [0.15, 0.2) is 6.29 Å². The molecule has 0 rings (SSSR count). The third-order valence-electron chi connectivity index (χ3n) is 1.42. The number of carbonyl (C=O) groups is 1. The molecule has 0 aromatic carbocycles. The van der Waals surface area contributed by atoms with Crippen molar-refractivity contribution in [1.29, 1.82) is 0 Å². The largest absolute Gasteiger partial charge is 1.00 e. The van der Waals surface area contributed by atoms with Crippen molar-refractivity contribution in [2.75, 3.05) is 6.61 Å². The molecule has 0 radical (unpaired) electrons. The number of aliphatic hydroxyl groups excluding tert-OH is 5.